The van der Waals surface area contributed by atoms with Crippen LogP contribution in [0.1, 0.15) is 11.5 Å². The fourth-order valence-corrected chi connectivity index (χ4v) is 1.98. The maximum absolute atomic E-state index is 12.0. The van der Waals surface area contributed by atoms with E-state index >= 15 is 0 Å². The Balaban J connectivity index is 2.16. The van der Waals surface area contributed by atoms with E-state index in [9.17, 15) is 13.2 Å². The van der Waals surface area contributed by atoms with Crippen LogP contribution in [0.25, 0.3) is 0 Å². The van der Waals surface area contributed by atoms with E-state index in [1.807, 2.05) is 0 Å². The molecule has 0 spiro atoms. The SMILES string of the molecule is FC(F)(F)Oc1ccc(C2CNC2)cc1Br. The Morgan fingerprint density at radius 3 is 2.44 bits per heavy atom. The minimum Gasteiger partial charge on any atom is -0.405 e. The van der Waals surface area contributed by atoms with Gasteiger partial charge in [0, 0.05) is 19.0 Å². The van der Waals surface area contributed by atoms with Crippen LogP contribution >= 0.6 is 15.9 Å². The summed E-state index contributed by atoms with van der Waals surface area (Å²) in [5.74, 6) is 0.180. The second kappa shape index (κ2) is 4.25. The number of alkyl halides is 3. The molecule has 2 rings (SSSR count). The fourth-order valence-electron chi connectivity index (χ4n) is 1.50. The highest BCUT2D eigenvalue weighted by atomic mass is 79.9. The average Bonchev–Trinajstić information content (AvgIpc) is 2.04. The van der Waals surface area contributed by atoms with Gasteiger partial charge in [-0.25, -0.2) is 0 Å². The van der Waals surface area contributed by atoms with Crippen molar-refractivity contribution in [2.24, 2.45) is 0 Å². The first-order chi connectivity index (χ1) is 7.46. The number of rotatable bonds is 2. The van der Waals surface area contributed by atoms with Crippen molar-refractivity contribution in [2.45, 2.75) is 12.3 Å². The average molecular weight is 296 g/mol. The van der Waals surface area contributed by atoms with Crippen LogP contribution in [-0.4, -0.2) is 19.5 Å². The third kappa shape index (κ3) is 2.68. The molecule has 0 amide bonds. The minimum atomic E-state index is -4.65. The minimum absolute atomic E-state index is 0.205. The molecule has 1 aliphatic rings. The normalized spacial score (nSPS) is 17.0. The first-order valence-corrected chi connectivity index (χ1v) is 5.51. The van der Waals surface area contributed by atoms with Crippen molar-refractivity contribution in [1.29, 1.82) is 0 Å². The lowest BCUT2D eigenvalue weighted by Gasteiger charge is -2.27. The molecule has 0 unspecified atom stereocenters. The van der Waals surface area contributed by atoms with Crippen LogP contribution in [0.5, 0.6) is 5.75 Å². The van der Waals surface area contributed by atoms with E-state index in [4.69, 9.17) is 0 Å². The molecule has 0 radical (unpaired) electrons. The summed E-state index contributed by atoms with van der Waals surface area (Å²) in [4.78, 5) is 0. The van der Waals surface area contributed by atoms with Crippen LogP contribution in [0, 0.1) is 0 Å². The zero-order valence-electron chi connectivity index (χ0n) is 8.14. The van der Waals surface area contributed by atoms with E-state index < -0.39 is 6.36 Å². The number of halogens is 4. The predicted molar refractivity (Wildman–Crippen MR) is 56.4 cm³/mol. The van der Waals surface area contributed by atoms with Crippen molar-refractivity contribution in [3.05, 3.63) is 28.2 Å². The third-order valence-electron chi connectivity index (χ3n) is 2.43. The highest BCUT2D eigenvalue weighted by Crippen LogP contribution is 2.33. The molecule has 2 nitrogen and oxygen atoms in total. The summed E-state index contributed by atoms with van der Waals surface area (Å²) in [6.07, 6.45) is -4.65. The summed E-state index contributed by atoms with van der Waals surface area (Å²) < 4.78 is 40.2. The highest BCUT2D eigenvalue weighted by molar-refractivity contribution is 9.10. The van der Waals surface area contributed by atoms with Gasteiger partial charge >= 0.3 is 6.36 Å². The largest absolute Gasteiger partial charge is 0.573 e. The van der Waals surface area contributed by atoms with Crippen molar-refractivity contribution in [2.75, 3.05) is 13.1 Å². The summed E-state index contributed by atoms with van der Waals surface area (Å²) in [7, 11) is 0. The van der Waals surface area contributed by atoms with Crippen molar-refractivity contribution < 1.29 is 17.9 Å². The Hall–Kier alpha value is -0.750. The quantitative estimate of drug-likeness (QED) is 0.905. The van der Waals surface area contributed by atoms with Crippen LogP contribution in [0.4, 0.5) is 13.2 Å². The molecule has 1 saturated heterocycles. The Bertz CT molecular complexity index is 390. The molecule has 88 valence electrons. The van der Waals surface area contributed by atoms with Gasteiger partial charge < -0.3 is 10.1 Å². The molecule has 0 atom stereocenters. The lowest BCUT2D eigenvalue weighted by atomic mass is 9.94. The summed E-state index contributed by atoms with van der Waals surface area (Å²) in [5, 5.41) is 3.11. The monoisotopic (exact) mass is 295 g/mol. The molecule has 16 heavy (non-hydrogen) atoms. The van der Waals surface area contributed by atoms with Crippen molar-refractivity contribution in [3.8, 4) is 5.75 Å². The van der Waals surface area contributed by atoms with Crippen LogP contribution in [-0.2, 0) is 0 Å². The van der Waals surface area contributed by atoms with Gasteiger partial charge in [-0.3, -0.25) is 0 Å². The second-order valence-electron chi connectivity index (χ2n) is 3.59. The van der Waals surface area contributed by atoms with Crippen LogP contribution in [0.3, 0.4) is 0 Å². The molecular weight excluding hydrogens is 287 g/mol. The molecule has 1 fully saturated rings. The smallest absolute Gasteiger partial charge is 0.405 e. The Morgan fingerprint density at radius 2 is 2.00 bits per heavy atom. The van der Waals surface area contributed by atoms with Crippen molar-refractivity contribution in [3.63, 3.8) is 0 Å². The lowest BCUT2D eigenvalue weighted by Crippen LogP contribution is -2.39. The van der Waals surface area contributed by atoms with E-state index in [-0.39, 0.29) is 5.75 Å². The predicted octanol–water partition coefficient (Wildman–Crippen LogP) is 3.03. The Morgan fingerprint density at radius 1 is 1.31 bits per heavy atom. The molecule has 0 bridgehead atoms. The number of hydrogen-bond donors (Lipinski definition) is 1. The topological polar surface area (TPSA) is 21.3 Å². The standard InChI is InChI=1S/C10H9BrF3NO/c11-8-3-6(7-4-15-5-7)1-2-9(8)16-10(12,13)14/h1-3,7,15H,4-5H2. The van der Waals surface area contributed by atoms with Gasteiger partial charge in [0.05, 0.1) is 4.47 Å². The zero-order valence-corrected chi connectivity index (χ0v) is 9.73. The molecule has 1 aromatic carbocycles. The van der Waals surface area contributed by atoms with Crippen LogP contribution in [0.2, 0.25) is 0 Å². The van der Waals surface area contributed by atoms with Gasteiger partial charge in [0.2, 0.25) is 0 Å². The number of nitrogens with one attached hydrogen (secondary N) is 1. The van der Waals surface area contributed by atoms with Crippen molar-refractivity contribution >= 4 is 15.9 Å². The lowest BCUT2D eigenvalue weighted by molar-refractivity contribution is -0.274. The van der Waals surface area contributed by atoms with Crippen LogP contribution < -0.4 is 10.1 Å². The van der Waals surface area contributed by atoms with Crippen molar-refractivity contribution in [1.82, 2.24) is 5.32 Å². The maximum Gasteiger partial charge on any atom is 0.573 e. The van der Waals surface area contributed by atoms with Gasteiger partial charge in [-0.15, -0.1) is 13.2 Å². The second-order valence-corrected chi connectivity index (χ2v) is 4.45. The van der Waals surface area contributed by atoms with Gasteiger partial charge in [-0.05, 0) is 33.6 Å². The number of ether oxygens (including phenoxy) is 1. The van der Waals surface area contributed by atoms with E-state index in [1.165, 1.54) is 6.07 Å². The summed E-state index contributed by atoms with van der Waals surface area (Å²) in [6, 6.07) is 4.68. The van der Waals surface area contributed by atoms with E-state index in [0.29, 0.717) is 10.4 Å². The molecule has 1 N–H and O–H groups in total. The molecule has 0 saturated carbocycles. The Labute approximate surface area is 98.9 Å². The third-order valence-corrected chi connectivity index (χ3v) is 3.05. The van der Waals surface area contributed by atoms with Gasteiger partial charge in [0.15, 0.2) is 0 Å². The highest BCUT2D eigenvalue weighted by Gasteiger charge is 2.32. The van der Waals surface area contributed by atoms with E-state index in [0.717, 1.165) is 18.7 Å². The van der Waals surface area contributed by atoms with Gasteiger partial charge in [0.1, 0.15) is 5.75 Å². The van der Waals surface area contributed by atoms with Gasteiger partial charge in [-0.2, -0.15) is 0 Å². The summed E-state index contributed by atoms with van der Waals surface area (Å²) in [5.41, 5.74) is 1.01. The zero-order chi connectivity index (χ0) is 11.8. The van der Waals surface area contributed by atoms with E-state index in [2.05, 4.69) is 26.0 Å². The first-order valence-electron chi connectivity index (χ1n) is 4.71. The Kier molecular flexibility index (Phi) is 3.12. The molecule has 1 aliphatic heterocycles. The van der Waals surface area contributed by atoms with Gasteiger partial charge in [-0.1, -0.05) is 6.07 Å². The number of hydrogen-bond acceptors (Lipinski definition) is 2. The van der Waals surface area contributed by atoms with E-state index in [1.54, 1.807) is 12.1 Å². The molecule has 0 aliphatic carbocycles. The fraction of sp³-hybridized carbons (Fsp3) is 0.400. The first kappa shape index (κ1) is 11.7. The molecular formula is C10H9BrF3NO. The maximum atomic E-state index is 12.0. The number of benzene rings is 1. The summed E-state index contributed by atoms with van der Waals surface area (Å²) >= 11 is 3.08. The molecule has 0 aromatic heterocycles. The molecule has 1 heterocycles. The molecule has 1 aromatic rings. The van der Waals surface area contributed by atoms with Crippen LogP contribution in [0.15, 0.2) is 22.7 Å². The summed E-state index contributed by atoms with van der Waals surface area (Å²) in [6.45, 7) is 1.73. The van der Waals surface area contributed by atoms with Gasteiger partial charge in [0.25, 0.3) is 0 Å². The molecule has 6 heteroatoms.